The molecule has 0 aromatic heterocycles. The van der Waals surface area contributed by atoms with Crippen LogP contribution in [-0.2, 0) is 9.53 Å². The second kappa shape index (κ2) is 16.7. The molecule has 0 aromatic carbocycles. The van der Waals surface area contributed by atoms with Crippen molar-refractivity contribution in [3.05, 3.63) is 12.2 Å². The second-order valence-electron chi connectivity index (χ2n) is 8.32. The molecule has 25 heavy (non-hydrogen) atoms. The number of allylic oxidation sites excluding steroid dienone is 2. The minimum absolute atomic E-state index is 0.0831. The zero-order valence-electron chi connectivity index (χ0n) is 17.6. The highest BCUT2D eigenvalue weighted by Crippen LogP contribution is 2.15. The summed E-state index contributed by atoms with van der Waals surface area (Å²) in [5.74, 6) is -0.0831. The topological polar surface area (TPSA) is 26.3 Å². The second-order valence-corrected chi connectivity index (χ2v) is 8.32. The van der Waals surface area contributed by atoms with Crippen molar-refractivity contribution in [3.63, 3.8) is 0 Å². The molecule has 148 valence electrons. The number of carbonyl (C=O) groups excluding carboxylic acids is 1. The molecule has 0 N–H and O–H groups in total. The molecule has 0 fully saturated rings. The summed E-state index contributed by atoms with van der Waals surface area (Å²) >= 11 is 0. The lowest BCUT2D eigenvalue weighted by Gasteiger charge is -2.16. The van der Waals surface area contributed by atoms with Gasteiger partial charge in [-0.3, -0.25) is 4.79 Å². The maximum Gasteiger partial charge on any atom is 0.311 e. The van der Waals surface area contributed by atoms with Crippen LogP contribution < -0.4 is 0 Å². The number of unbranched alkanes of at least 4 members (excludes halogenated alkanes) is 12. The van der Waals surface area contributed by atoms with Crippen LogP contribution in [0.5, 0.6) is 0 Å². The van der Waals surface area contributed by atoms with Crippen molar-refractivity contribution in [3.8, 4) is 0 Å². The van der Waals surface area contributed by atoms with Gasteiger partial charge in [-0.25, -0.2) is 0 Å². The van der Waals surface area contributed by atoms with E-state index >= 15 is 0 Å². The zero-order chi connectivity index (χ0) is 18.8. The standard InChI is InChI=1S/C23H44O2/c1-5-6-7-8-9-10-11-12-13-14-15-16-17-18-19-20-21-25-22(24)23(2,3)4/h12-13H,5-11,14-21H2,1-4H3/b13-12+. The molecule has 0 aliphatic heterocycles. The Morgan fingerprint density at radius 1 is 0.720 bits per heavy atom. The summed E-state index contributed by atoms with van der Waals surface area (Å²) in [6, 6.07) is 0. The Bertz CT molecular complexity index is 325. The highest BCUT2D eigenvalue weighted by atomic mass is 16.5. The molecule has 0 unspecified atom stereocenters. The fraction of sp³-hybridized carbons (Fsp3) is 0.870. The van der Waals surface area contributed by atoms with E-state index in [4.69, 9.17) is 4.74 Å². The van der Waals surface area contributed by atoms with Gasteiger partial charge in [0, 0.05) is 0 Å². The van der Waals surface area contributed by atoms with Gasteiger partial charge in [0.25, 0.3) is 0 Å². The van der Waals surface area contributed by atoms with Crippen molar-refractivity contribution < 1.29 is 9.53 Å². The molecule has 0 atom stereocenters. The van der Waals surface area contributed by atoms with Gasteiger partial charge in [-0.1, -0.05) is 76.9 Å². The Labute approximate surface area is 157 Å². The maximum absolute atomic E-state index is 11.6. The van der Waals surface area contributed by atoms with Gasteiger partial charge in [-0.15, -0.1) is 0 Å². The van der Waals surface area contributed by atoms with Gasteiger partial charge in [-0.2, -0.15) is 0 Å². The lowest BCUT2D eigenvalue weighted by atomic mass is 9.97. The first-order valence-electron chi connectivity index (χ1n) is 10.8. The maximum atomic E-state index is 11.6. The summed E-state index contributed by atoms with van der Waals surface area (Å²) in [5.41, 5.74) is -0.372. The molecule has 0 rings (SSSR count). The molecule has 0 spiro atoms. The van der Waals surface area contributed by atoms with Crippen molar-refractivity contribution in [2.75, 3.05) is 6.61 Å². The molecular formula is C23H44O2. The average molecular weight is 353 g/mol. The molecule has 0 radical (unpaired) electrons. The number of esters is 1. The Hall–Kier alpha value is -0.790. The van der Waals surface area contributed by atoms with Crippen LogP contribution in [-0.4, -0.2) is 12.6 Å². The normalized spacial score (nSPS) is 12.0. The van der Waals surface area contributed by atoms with Crippen molar-refractivity contribution in [1.29, 1.82) is 0 Å². The SMILES string of the molecule is CCCCCCCC/C=C/CCCCCCCCOC(=O)C(C)(C)C. The number of rotatable bonds is 16. The molecule has 0 heterocycles. The Kier molecular flexibility index (Phi) is 16.1. The van der Waals surface area contributed by atoms with Gasteiger partial charge < -0.3 is 4.74 Å². The lowest BCUT2D eigenvalue weighted by Crippen LogP contribution is -2.23. The molecule has 0 amide bonds. The zero-order valence-corrected chi connectivity index (χ0v) is 17.6. The van der Waals surface area contributed by atoms with Crippen LogP contribution in [0.4, 0.5) is 0 Å². The van der Waals surface area contributed by atoms with Crippen LogP contribution >= 0.6 is 0 Å². The third-order valence-electron chi connectivity index (χ3n) is 4.50. The van der Waals surface area contributed by atoms with E-state index in [-0.39, 0.29) is 11.4 Å². The van der Waals surface area contributed by atoms with E-state index < -0.39 is 0 Å². The van der Waals surface area contributed by atoms with Crippen LogP contribution in [0.3, 0.4) is 0 Å². The van der Waals surface area contributed by atoms with Crippen molar-refractivity contribution in [2.45, 2.75) is 118 Å². The molecule has 0 aliphatic carbocycles. The Morgan fingerprint density at radius 2 is 1.16 bits per heavy atom. The van der Waals surface area contributed by atoms with Gasteiger partial charge in [0.15, 0.2) is 0 Å². The monoisotopic (exact) mass is 352 g/mol. The molecule has 0 aromatic rings. The minimum Gasteiger partial charge on any atom is -0.465 e. The highest BCUT2D eigenvalue weighted by molar-refractivity contribution is 5.75. The van der Waals surface area contributed by atoms with Crippen LogP contribution in [0.2, 0.25) is 0 Å². The van der Waals surface area contributed by atoms with Crippen LogP contribution in [0.25, 0.3) is 0 Å². The van der Waals surface area contributed by atoms with Gasteiger partial charge >= 0.3 is 5.97 Å². The van der Waals surface area contributed by atoms with Gasteiger partial charge in [0.05, 0.1) is 12.0 Å². The third kappa shape index (κ3) is 17.8. The molecule has 0 saturated carbocycles. The first kappa shape index (κ1) is 24.2. The number of carbonyl (C=O) groups is 1. The molecule has 0 aliphatic rings. The van der Waals surface area contributed by atoms with E-state index in [1.54, 1.807) is 0 Å². The fourth-order valence-corrected chi connectivity index (χ4v) is 2.73. The van der Waals surface area contributed by atoms with E-state index in [1.165, 1.54) is 83.5 Å². The summed E-state index contributed by atoms with van der Waals surface area (Å²) in [6.07, 6.45) is 22.9. The summed E-state index contributed by atoms with van der Waals surface area (Å²) in [4.78, 5) is 11.6. The summed E-state index contributed by atoms with van der Waals surface area (Å²) in [5, 5.41) is 0. The van der Waals surface area contributed by atoms with E-state index in [1.807, 2.05) is 20.8 Å². The summed E-state index contributed by atoms with van der Waals surface area (Å²) in [7, 11) is 0. The number of hydrogen-bond donors (Lipinski definition) is 0. The number of ether oxygens (including phenoxy) is 1. The van der Waals surface area contributed by atoms with Gasteiger partial charge in [-0.05, 0) is 52.9 Å². The molecule has 2 nitrogen and oxygen atoms in total. The highest BCUT2D eigenvalue weighted by Gasteiger charge is 2.22. The molecular weight excluding hydrogens is 308 g/mol. The van der Waals surface area contributed by atoms with Crippen molar-refractivity contribution in [1.82, 2.24) is 0 Å². The van der Waals surface area contributed by atoms with Crippen LogP contribution in [0.1, 0.15) is 118 Å². The smallest absolute Gasteiger partial charge is 0.311 e. The predicted octanol–water partition coefficient (Wildman–Crippen LogP) is 7.61. The van der Waals surface area contributed by atoms with Gasteiger partial charge in [0.1, 0.15) is 0 Å². The fourth-order valence-electron chi connectivity index (χ4n) is 2.73. The molecule has 0 saturated heterocycles. The average Bonchev–Trinajstić information content (AvgIpc) is 2.56. The Balaban J connectivity index is 3.21. The Morgan fingerprint density at radius 3 is 1.64 bits per heavy atom. The van der Waals surface area contributed by atoms with Crippen LogP contribution in [0.15, 0.2) is 12.2 Å². The van der Waals surface area contributed by atoms with Crippen LogP contribution in [0, 0.1) is 5.41 Å². The largest absolute Gasteiger partial charge is 0.465 e. The van der Waals surface area contributed by atoms with E-state index in [9.17, 15) is 4.79 Å². The van der Waals surface area contributed by atoms with Crippen molar-refractivity contribution >= 4 is 5.97 Å². The third-order valence-corrected chi connectivity index (χ3v) is 4.50. The summed E-state index contributed by atoms with van der Waals surface area (Å²) in [6.45, 7) is 8.55. The minimum atomic E-state index is -0.372. The first-order chi connectivity index (χ1) is 12.0. The summed E-state index contributed by atoms with van der Waals surface area (Å²) < 4.78 is 5.28. The lowest BCUT2D eigenvalue weighted by molar-refractivity contribution is -0.153. The molecule has 2 heteroatoms. The van der Waals surface area contributed by atoms with E-state index in [0.29, 0.717) is 6.61 Å². The quantitative estimate of drug-likeness (QED) is 0.162. The number of hydrogen-bond acceptors (Lipinski definition) is 2. The first-order valence-corrected chi connectivity index (χ1v) is 10.8. The molecule has 0 bridgehead atoms. The van der Waals surface area contributed by atoms with Gasteiger partial charge in [0.2, 0.25) is 0 Å². The predicted molar refractivity (Wildman–Crippen MR) is 110 cm³/mol. The van der Waals surface area contributed by atoms with Crippen molar-refractivity contribution in [2.24, 2.45) is 5.41 Å². The van der Waals surface area contributed by atoms with E-state index in [2.05, 4.69) is 19.1 Å². The van der Waals surface area contributed by atoms with E-state index in [0.717, 1.165) is 6.42 Å².